The summed E-state index contributed by atoms with van der Waals surface area (Å²) in [6, 6.07) is 17.8. The second-order valence-electron chi connectivity index (χ2n) is 6.23. The van der Waals surface area contributed by atoms with Crippen LogP contribution in [0.3, 0.4) is 0 Å². The molecule has 3 nitrogen and oxygen atoms in total. The number of nitrogens with zero attached hydrogens (tertiary/aromatic N) is 2. The Kier molecular flexibility index (Phi) is 4.46. The van der Waals surface area contributed by atoms with Crippen LogP contribution >= 0.6 is 0 Å². The van der Waals surface area contributed by atoms with E-state index < -0.39 is 0 Å². The Morgan fingerprint density at radius 1 is 1.05 bits per heavy atom. The highest BCUT2D eigenvalue weighted by molar-refractivity contribution is 5.46. The topological polar surface area (TPSA) is 32.5 Å². The fraction of sp³-hybridized carbons (Fsp3) is 0.368. The van der Waals surface area contributed by atoms with E-state index in [0.717, 1.165) is 19.5 Å². The molecule has 0 spiro atoms. The van der Waals surface area contributed by atoms with Crippen molar-refractivity contribution in [3.05, 3.63) is 65.2 Å². The summed E-state index contributed by atoms with van der Waals surface area (Å²) >= 11 is 0. The SMILES string of the molecule is CN(C)c1ccc(C(CN)N2CCc3ccccc3C2)cc1. The molecule has 1 aliphatic heterocycles. The van der Waals surface area contributed by atoms with Gasteiger partial charge in [-0.05, 0) is 35.2 Å². The van der Waals surface area contributed by atoms with Crippen LogP contribution < -0.4 is 10.6 Å². The molecule has 2 aromatic rings. The molecule has 0 bridgehead atoms. The van der Waals surface area contributed by atoms with E-state index in [1.165, 1.54) is 22.4 Å². The molecule has 0 amide bonds. The Hall–Kier alpha value is -1.84. The van der Waals surface area contributed by atoms with Crippen molar-refractivity contribution >= 4 is 5.69 Å². The Bertz CT molecular complexity index is 619. The number of fused-ring (bicyclic) bond motifs is 1. The van der Waals surface area contributed by atoms with Gasteiger partial charge in [-0.15, -0.1) is 0 Å². The molecular weight excluding hydrogens is 270 g/mol. The highest BCUT2D eigenvalue weighted by atomic mass is 15.2. The molecule has 1 unspecified atom stereocenters. The van der Waals surface area contributed by atoms with Crippen LogP contribution in [0.1, 0.15) is 22.7 Å². The number of hydrogen-bond donors (Lipinski definition) is 1. The van der Waals surface area contributed by atoms with Crippen LogP contribution in [-0.2, 0) is 13.0 Å². The number of rotatable bonds is 4. The molecule has 1 aliphatic rings. The summed E-state index contributed by atoms with van der Waals surface area (Å²) in [6.45, 7) is 2.73. The van der Waals surface area contributed by atoms with Gasteiger partial charge < -0.3 is 10.6 Å². The lowest BCUT2D eigenvalue weighted by molar-refractivity contribution is 0.183. The Morgan fingerprint density at radius 2 is 1.73 bits per heavy atom. The lowest BCUT2D eigenvalue weighted by Crippen LogP contribution is -2.37. The van der Waals surface area contributed by atoms with E-state index in [4.69, 9.17) is 5.73 Å². The van der Waals surface area contributed by atoms with Gasteiger partial charge in [-0.2, -0.15) is 0 Å². The van der Waals surface area contributed by atoms with Crippen molar-refractivity contribution in [2.75, 3.05) is 32.1 Å². The average Bonchev–Trinajstić information content (AvgIpc) is 2.56. The zero-order chi connectivity index (χ0) is 15.5. The lowest BCUT2D eigenvalue weighted by atomic mass is 9.96. The largest absolute Gasteiger partial charge is 0.378 e. The third-order valence-corrected chi connectivity index (χ3v) is 4.62. The summed E-state index contributed by atoms with van der Waals surface area (Å²) in [5.41, 5.74) is 11.6. The van der Waals surface area contributed by atoms with Gasteiger partial charge in [0.2, 0.25) is 0 Å². The highest BCUT2D eigenvalue weighted by Gasteiger charge is 2.23. The molecule has 0 radical (unpaired) electrons. The Balaban J connectivity index is 1.80. The second-order valence-corrected chi connectivity index (χ2v) is 6.23. The summed E-state index contributed by atoms with van der Waals surface area (Å²) in [7, 11) is 4.13. The maximum atomic E-state index is 6.10. The highest BCUT2D eigenvalue weighted by Crippen LogP contribution is 2.28. The van der Waals surface area contributed by atoms with Gasteiger partial charge in [0.15, 0.2) is 0 Å². The van der Waals surface area contributed by atoms with E-state index in [1.807, 2.05) is 0 Å². The van der Waals surface area contributed by atoms with E-state index in [1.54, 1.807) is 0 Å². The first kappa shape index (κ1) is 15.1. The molecule has 1 atom stereocenters. The molecule has 116 valence electrons. The van der Waals surface area contributed by atoms with Crippen molar-refractivity contribution in [1.82, 2.24) is 4.90 Å². The summed E-state index contributed by atoms with van der Waals surface area (Å²) in [4.78, 5) is 4.63. The minimum Gasteiger partial charge on any atom is -0.378 e. The fourth-order valence-electron chi connectivity index (χ4n) is 3.27. The van der Waals surface area contributed by atoms with Gasteiger partial charge in [0.25, 0.3) is 0 Å². The van der Waals surface area contributed by atoms with E-state index in [0.29, 0.717) is 12.6 Å². The van der Waals surface area contributed by atoms with Crippen molar-refractivity contribution in [1.29, 1.82) is 0 Å². The second kappa shape index (κ2) is 6.51. The molecule has 0 saturated carbocycles. The molecular formula is C19H25N3. The number of benzene rings is 2. The number of nitrogens with two attached hydrogens (primary N) is 1. The summed E-state index contributed by atoms with van der Waals surface area (Å²) in [5, 5.41) is 0. The van der Waals surface area contributed by atoms with Crippen LogP contribution in [-0.4, -0.2) is 32.1 Å². The fourth-order valence-corrected chi connectivity index (χ4v) is 3.27. The van der Waals surface area contributed by atoms with Gasteiger partial charge in [-0.25, -0.2) is 0 Å². The van der Waals surface area contributed by atoms with Gasteiger partial charge in [-0.3, -0.25) is 4.90 Å². The van der Waals surface area contributed by atoms with E-state index in [9.17, 15) is 0 Å². The maximum Gasteiger partial charge on any atom is 0.0474 e. The minimum atomic E-state index is 0.296. The standard InChI is InChI=1S/C19H25N3/c1-21(2)18-9-7-16(8-10-18)19(13-20)22-12-11-15-5-3-4-6-17(15)14-22/h3-10,19H,11-14,20H2,1-2H3. The van der Waals surface area contributed by atoms with Gasteiger partial charge >= 0.3 is 0 Å². The first-order chi connectivity index (χ1) is 10.7. The zero-order valence-electron chi connectivity index (χ0n) is 13.5. The molecule has 0 saturated heterocycles. The smallest absolute Gasteiger partial charge is 0.0474 e. The molecule has 2 N–H and O–H groups in total. The Labute approximate surface area is 133 Å². The van der Waals surface area contributed by atoms with E-state index in [2.05, 4.69) is 72.4 Å². The normalized spacial score (nSPS) is 16.1. The molecule has 22 heavy (non-hydrogen) atoms. The van der Waals surface area contributed by atoms with Crippen LogP contribution in [0.2, 0.25) is 0 Å². The van der Waals surface area contributed by atoms with E-state index in [-0.39, 0.29) is 0 Å². The van der Waals surface area contributed by atoms with E-state index >= 15 is 0 Å². The number of anilines is 1. The van der Waals surface area contributed by atoms with Crippen molar-refractivity contribution in [3.63, 3.8) is 0 Å². The number of hydrogen-bond acceptors (Lipinski definition) is 3. The van der Waals surface area contributed by atoms with Crippen LogP contribution in [0.5, 0.6) is 0 Å². The van der Waals surface area contributed by atoms with Crippen molar-refractivity contribution in [2.24, 2.45) is 5.73 Å². The quantitative estimate of drug-likeness (QED) is 0.941. The molecule has 0 aliphatic carbocycles. The van der Waals surface area contributed by atoms with Crippen molar-refractivity contribution in [2.45, 2.75) is 19.0 Å². The van der Waals surface area contributed by atoms with Crippen LogP contribution in [0, 0.1) is 0 Å². The van der Waals surface area contributed by atoms with Crippen LogP contribution in [0.4, 0.5) is 5.69 Å². The molecule has 3 heteroatoms. The minimum absolute atomic E-state index is 0.296. The third-order valence-electron chi connectivity index (χ3n) is 4.62. The van der Waals surface area contributed by atoms with Crippen LogP contribution in [0.25, 0.3) is 0 Å². The summed E-state index contributed by atoms with van der Waals surface area (Å²) < 4.78 is 0. The first-order valence-electron chi connectivity index (χ1n) is 7.97. The summed E-state index contributed by atoms with van der Waals surface area (Å²) in [6.07, 6.45) is 1.11. The Morgan fingerprint density at radius 3 is 2.36 bits per heavy atom. The van der Waals surface area contributed by atoms with Crippen molar-refractivity contribution in [3.8, 4) is 0 Å². The molecule has 2 aromatic carbocycles. The van der Waals surface area contributed by atoms with Gasteiger partial charge in [0, 0.05) is 45.5 Å². The van der Waals surface area contributed by atoms with Crippen molar-refractivity contribution < 1.29 is 0 Å². The predicted molar refractivity (Wildman–Crippen MR) is 93.1 cm³/mol. The zero-order valence-corrected chi connectivity index (χ0v) is 13.5. The average molecular weight is 295 g/mol. The molecule has 1 heterocycles. The molecule has 3 rings (SSSR count). The predicted octanol–water partition coefficient (Wildman–Crippen LogP) is 2.81. The molecule has 0 aromatic heterocycles. The summed E-state index contributed by atoms with van der Waals surface area (Å²) in [5.74, 6) is 0. The lowest BCUT2D eigenvalue weighted by Gasteiger charge is -2.35. The first-order valence-corrected chi connectivity index (χ1v) is 7.97. The maximum absolute atomic E-state index is 6.10. The molecule has 0 fully saturated rings. The van der Waals surface area contributed by atoms with Gasteiger partial charge in [0.05, 0.1) is 0 Å². The van der Waals surface area contributed by atoms with Gasteiger partial charge in [0.1, 0.15) is 0 Å². The van der Waals surface area contributed by atoms with Crippen LogP contribution in [0.15, 0.2) is 48.5 Å². The monoisotopic (exact) mass is 295 g/mol. The third kappa shape index (κ3) is 3.01. The van der Waals surface area contributed by atoms with Gasteiger partial charge in [-0.1, -0.05) is 36.4 Å².